The molecule has 8 nitrogen and oxygen atoms in total. The Balaban J connectivity index is 1.29. The molecule has 5 rings (SSSR count). The number of carbonyl (C=O) groups is 2. The fourth-order valence-corrected chi connectivity index (χ4v) is 6.42. The minimum Gasteiger partial charge on any atom is -0.497 e. The zero-order chi connectivity index (χ0) is 29.3. The van der Waals surface area contributed by atoms with Gasteiger partial charge in [-0.1, -0.05) is 6.42 Å². The molecule has 2 aromatic carbocycles. The minimum absolute atomic E-state index is 0.0235. The van der Waals surface area contributed by atoms with Crippen LogP contribution in [0.25, 0.3) is 0 Å². The maximum atomic E-state index is 13.6. The number of rotatable bonds is 6. The number of methoxy groups -OCH3 is 2. The summed E-state index contributed by atoms with van der Waals surface area (Å²) in [6.07, 6.45) is -2.20. The number of benzene rings is 2. The first kappa shape index (κ1) is 29.0. The quantitative estimate of drug-likeness (QED) is 0.544. The lowest BCUT2D eigenvalue weighted by atomic mass is 9.73. The Labute approximate surface area is 238 Å². The van der Waals surface area contributed by atoms with Crippen molar-refractivity contribution in [1.82, 2.24) is 9.80 Å². The predicted molar refractivity (Wildman–Crippen MR) is 150 cm³/mol. The van der Waals surface area contributed by atoms with E-state index in [-0.39, 0.29) is 35.0 Å². The number of halogens is 3. The second-order valence-electron chi connectivity index (χ2n) is 11.3. The number of fused-ring (bicyclic) bond motifs is 1. The summed E-state index contributed by atoms with van der Waals surface area (Å²) in [4.78, 5) is 33.1. The first-order chi connectivity index (χ1) is 19.6. The number of anilines is 2. The normalized spacial score (nSPS) is 23.2. The number of alkyl halides is 3. The van der Waals surface area contributed by atoms with Crippen molar-refractivity contribution in [3.05, 3.63) is 47.5 Å². The van der Waals surface area contributed by atoms with Gasteiger partial charge in [-0.05, 0) is 62.1 Å². The van der Waals surface area contributed by atoms with Crippen molar-refractivity contribution in [3.63, 3.8) is 0 Å². The summed E-state index contributed by atoms with van der Waals surface area (Å²) in [7, 11) is 4.96. The molecule has 3 fully saturated rings. The molecule has 222 valence electrons. The van der Waals surface area contributed by atoms with Gasteiger partial charge in [0.2, 0.25) is 5.91 Å². The van der Waals surface area contributed by atoms with E-state index in [2.05, 4.69) is 22.2 Å². The highest BCUT2D eigenvalue weighted by molar-refractivity contribution is 5.96. The van der Waals surface area contributed by atoms with E-state index in [1.807, 2.05) is 18.2 Å². The highest BCUT2D eigenvalue weighted by atomic mass is 19.4. The van der Waals surface area contributed by atoms with Crippen molar-refractivity contribution in [3.8, 4) is 11.5 Å². The van der Waals surface area contributed by atoms with E-state index in [0.29, 0.717) is 30.9 Å². The molecule has 0 spiro atoms. The van der Waals surface area contributed by atoms with E-state index in [4.69, 9.17) is 9.47 Å². The van der Waals surface area contributed by atoms with Crippen molar-refractivity contribution >= 4 is 23.2 Å². The molecular weight excluding hydrogens is 537 g/mol. The number of likely N-dealkylation sites (N-methyl/N-ethyl adjacent to an activating group) is 1. The number of carbonyl (C=O) groups excluding carboxylic acids is 2. The first-order valence-electron chi connectivity index (χ1n) is 14.1. The van der Waals surface area contributed by atoms with E-state index in [9.17, 15) is 22.8 Å². The standard InChI is InChI=1S/C30H37F3N4O4/c1-35-9-11-36(12-10-35)22-7-8-26(27(16-22)41-3)34-28(38)24-6-4-5-19-17-37(18-25(19)24)29(39)20-13-21(30(31,32)33)15-23(14-20)40-2/h7-8,13-16,19,24-25H,4-6,9-12,17-18H2,1-3H3,(H,34,38)/t19-,24-,25-/m0/s1. The average Bonchev–Trinajstić information content (AvgIpc) is 3.41. The van der Waals surface area contributed by atoms with Gasteiger partial charge in [-0.2, -0.15) is 13.2 Å². The van der Waals surface area contributed by atoms with Gasteiger partial charge in [0.15, 0.2) is 0 Å². The van der Waals surface area contributed by atoms with Crippen LogP contribution >= 0.6 is 0 Å². The van der Waals surface area contributed by atoms with E-state index in [0.717, 1.165) is 56.8 Å². The van der Waals surface area contributed by atoms with E-state index in [1.54, 1.807) is 12.0 Å². The molecule has 0 radical (unpaired) electrons. The zero-order valence-electron chi connectivity index (χ0n) is 23.7. The van der Waals surface area contributed by atoms with Gasteiger partial charge in [0.05, 0.1) is 25.5 Å². The lowest BCUT2D eigenvalue weighted by Gasteiger charge is -2.34. The third-order valence-electron chi connectivity index (χ3n) is 8.75. The lowest BCUT2D eigenvalue weighted by Crippen LogP contribution is -2.44. The van der Waals surface area contributed by atoms with Gasteiger partial charge in [-0.25, -0.2) is 0 Å². The Morgan fingerprint density at radius 3 is 2.39 bits per heavy atom. The van der Waals surface area contributed by atoms with Crippen LogP contribution < -0.4 is 19.7 Å². The van der Waals surface area contributed by atoms with Crippen molar-refractivity contribution < 1.29 is 32.2 Å². The number of hydrogen-bond donors (Lipinski definition) is 1. The van der Waals surface area contributed by atoms with Crippen molar-refractivity contribution in [1.29, 1.82) is 0 Å². The summed E-state index contributed by atoms with van der Waals surface area (Å²) in [6.45, 7) is 4.52. The highest BCUT2D eigenvalue weighted by Gasteiger charge is 2.45. The van der Waals surface area contributed by atoms with Gasteiger partial charge in [-0.3, -0.25) is 9.59 Å². The molecule has 3 aliphatic rings. The molecule has 2 heterocycles. The maximum absolute atomic E-state index is 13.6. The number of piperazine rings is 1. The second-order valence-corrected chi connectivity index (χ2v) is 11.3. The van der Waals surface area contributed by atoms with E-state index < -0.39 is 17.6 Å². The molecule has 11 heteroatoms. The maximum Gasteiger partial charge on any atom is 0.416 e. The molecular formula is C30H37F3N4O4. The van der Waals surface area contributed by atoms with Crippen LogP contribution in [0, 0.1) is 17.8 Å². The number of amides is 2. The topological polar surface area (TPSA) is 74.4 Å². The van der Waals surface area contributed by atoms with Gasteiger partial charge in [0.1, 0.15) is 11.5 Å². The van der Waals surface area contributed by atoms with Gasteiger partial charge in [-0.15, -0.1) is 0 Å². The van der Waals surface area contributed by atoms with Gasteiger partial charge >= 0.3 is 6.18 Å². The molecule has 1 aliphatic carbocycles. The van der Waals surface area contributed by atoms with Crippen molar-refractivity contribution in [2.45, 2.75) is 25.4 Å². The molecule has 1 N–H and O–H groups in total. The fraction of sp³-hybridized carbons (Fsp3) is 0.533. The molecule has 1 saturated carbocycles. The van der Waals surface area contributed by atoms with Gasteiger partial charge in [0, 0.05) is 62.5 Å². The first-order valence-corrected chi connectivity index (χ1v) is 14.1. The average molecular weight is 575 g/mol. The largest absolute Gasteiger partial charge is 0.497 e. The Kier molecular flexibility index (Phi) is 8.35. The van der Waals surface area contributed by atoms with Crippen LogP contribution in [0.4, 0.5) is 24.5 Å². The van der Waals surface area contributed by atoms with Crippen LogP contribution in [0.15, 0.2) is 36.4 Å². The molecule has 0 bridgehead atoms. The highest BCUT2D eigenvalue weighted by Crippen LogP contribution is 2.42. The Morgan fingerprint density at radius 2 is 1.71 bits per heavy atom. The zero-order valence-corrected chi connectivity index (χ0v) is 23.7. The fourth-order valence-electron chi connectivity index (χ4n) is 6.42. The number of hydrogen-bond acceptors (Lipinski definition) is 6. The summed E-state index contributed by atoms with van der Waals surface area (Å²) < 4.78 is 51.0. The third kappa shape index (κ3) is 6.24. The molecule has 41 heavy (non-hydrogen) atoms. The minimum atomic E-state index is -4.60. The molecule has 0 unspecified atom stereocenters. The van der Waals surface area contributed by atoms with Crippen LogP contribution in [0.2, 0.25) is 0 Å². The molecule has 2 aromatic rings. The summed E-state index contributed by atoms with van der Waals surface area (Å²) >= 11 is 0. The smallest absolute Gasteiger partial charge is 0.416 e. The summed E-state index contributed by atoms with van der Waals surface area (Å²) in [5.41, 5.74) is 0.643. The summed E-state index contributed by atoms with van der Waals surface area (Å²) in [5.74, 6) is -0.323. The van der Waals surface area contributed by atoms with E-state index in [1.165, 1.54) is 13.2 Å². The van der Waals surface area contributed by atoms with Gasteiger partial charge < -0.3 is 29.5 Å². The Morgan fingerprint density at radius 1 is 0.951 bits per heavy atom. The van der Waals surface area contributed by atoms with Crippen LogP contribution in [0.5, 0.6) is 11.5 Å². The Hall–Kier alpha value is -3.47. The number of ether oxygens (including phenoxy) is 2. The SMILES string of the molecule is COc1cc(C(=O)N2C[C@@H]3CCC[C@H](C(=O)Nc4ccc(N5CCN(C)CC5)cc4OC)[C@H]3C2)cc(C(F)(F)F)c1. The summed E-state index contributed by atoms with van der Waals surface area (Å²) in [5, 5.41) is 3.06. The number of nitrogens with zero attached hydrogens (tertiary/aromatic N) is 3. The Bertz CT molecular complexity index is 1280. The van der Waals surface area contributed by atoms with Crippen molar-refractivity contribution in [2.24, 2.45) is 17.8 Å². The van der Waals surface area contributed by atoms with Crippen molar-refractivity contribution in [2.75, 3.05) is 70.8 Å². The molecule has 3 atom stereocenters. The van der Waals surface area contributed by atoms with Gasteiger partial charge in [0.25, 0.3) is 5.91 Å². The lowest BCUT2D eigenvalue weighted by molar-refractivity contribution is -0.137. The summed E-state index contributed by atoms with van der Waals surface area (Å²) in [6, 6.07) is 8.90. The van der Waals surface area contributed by atoms with Crippen LogP contribution in [-0.4, -0.2) is 82.1 Å². The third-order valence-corrected chi connectivity index (χ3v) is 8.75. The molecule has 2 aliphatic heterocycles. The monoisotopic (exact) mass is 574 g/mol. The number of likely N-dealkylation sites (tertiary alicyclic amines) is 1. The molecule has 2 saturated heterocycles. The van der Waals surface area contributed by atoms with Crippen LogP contribution in [0.3, 0.4) is 0 Å². The second kappa shape index (κ2) is 11.8. The predicted octanol–water partition coefficient (Wildman–Crippen LogP) is 4.60. The molecule has 2 amide bonds. The molecule has 0 aromatic heterocycles. The number of nitrogens with one attached hydrogen (secondary N) is 1. The van der Waals surface area contributed by atoms with Crippen LogP contribution in [-0.2, 0) is 11.0 Å². The van der Waals surface area contributed by atoms with Crippen LogP contribution in [0.1, 0.15) is 35.2 Å². The van der Waals surface area contributed by atoms with E-state index >= 15 is 0 Å².